The average molecular weight is 523 g/mol. The van der Waals surface area contributed by atoms with Crippen molar-refractivity contribution in [3.63, 3.8) is 0 Å². The molecule has 3 aromatic carbocycles. The van der Waals surface area contributed by atoms with Gasteiger partial charge in [0.15, 0.2) is 0 Å². The monoisotopic (exact) mass is 522 g/mol. The fourth-order valence-corrected chi connectivity index (χ4v) is 6.12. The number of amides is 1. The molecule has 0 aliphatic carbocycles. The highest BCUT2D eigenvalue weighted by Gasteiger charge is 2.39. The summed E-state index contributed by atoms with van der Waals surface area (Å²) < 4.78 is 40.2. The highest BCUT2D eigenvalue weighted by molar-refractivity contribution is 7.92. The standard InChI is InChI=1S/C29H34N2O5S/c1-5-29(6-2)19-26(25-9-7-8-10-27(25)36-29)30-28(32)20-31(22-13-15-23(35-4)16-14-22)37(33,34)24-17-11-21(3)12-18-24/h7-18,26H,5-6,19-20H2,1-4H3,(H,30,32)/t26-/m0/s1. The Morgan fingerprint density at radius 2 is 1.68 bits per heavy atom. The summed E-state index contributed by atoms with van der Waals surface area (Å²) in [5, 5.41) is 3.10. The third-order valence-electron chi connectivity index (χ3n) is 7.08. The van der Waals surface area contributed by atoms with Crippen molar-refractivity contribution in [3.8, 4) is 11.5 Å². The van der Waals surface area contributed by atoms with Crippen molar-refractivity contribution in [2.24, 2.45) is 0 Å². The van der Waals surface area contributed by atoms with E-state index in [9.17, 15) is 13.2 Å². The molecule has 0 saturated carbocycles. The van der Waals surface area contributed by atoms with E-state index in [1.165, 1.54) is 0 Å². The van der Waals surface area contributed by atoms with E-state index in [1.807, 2.05) is 31.2 Å². The van der Waals surface area contributed by atoms with Crippen LogP contribution in [-0.4, -0.2) is 33.6 Å². The molecule has 1 N–H and O–H groups in total. The van der Waals surface area contributed by atoms with Crippen molar-refractivity contribution < 1.29 is 22.7 Å². The summed E-state index contributed by atoms with van der Waals surface area (Å²) in [7, 11) is -2.47. The van der Waals surface area contributed by atoms with Crippen LogP contribution in [0.25, 0.3) is 0 Å². The lowest BCUT2D eigenvalue weighted by Crippen LogP contribution is -2.47. The molecule has 0 fully saturated rings. The van der Waals surface area contributed by atoms with E-state index >= 15 is 0 Å². The Balaban J connectivity index is 1.65. The molecule has 7 nitrogen and oxygen atoms in total. The molecule has 1 atom stereocenters. The molecule has 0 unspecified atom stereocenters. The normalized spacial score (nSPS) is 16.3. The molecule has 0 spiro atoms. The van der Waals surface area contributed by atoms with Gasteiger partial charge in [0.2, 0.25) is 5.91 Å². The number of methoxy groups -OCH3 is 1. The third-order valence-corrected chi connectivity index (χ3v) is 8.87. The van der Waals surface area contributed by atoms with Crippen LogP contribution in [0.4, 0.5) is 5.69 Å². The maximum atomic E-state index is 13.7. The van der Waals surface area contributed by atoms with E-state index in [0.717, 1.165) is 34.0 Å². The molecule has 1 aliphatic heterocycles. The maximum Gasteiger partial charge on any atom is 0.264 e. The predicted molar refractivity (Wildman–Crippen MR) is 145 cm³/mol. The minimum absolute atomic E-state index is 0.120. The predicted octanol–water partition coefficient (Wildman–Crippen LogP) is 5.40. The van der Waals surface area contributed by atoms with E-state index in [1.54, 1.807) is 55.6 Å². The van der Waals surface area contributed by atoms with Crippen LogP contribution in [0.3, 0.4) is 0 Å². The van der Waals surface area contributed by atoms with E-state index in [4.69, 9.17) is 9.47 Å². The van der Waals surface area contributed by atoms with Gasteiger partial charge < -0.3 is 14.8 Å². The number of para-hydroxylation sites is 1. The molecule has 4 rings (SSSR count). The number of carbonyl (C=O) groups excluding carboxylic acids is 1. The largest absolute Gasteiger partial charge is 0.497 e. The van der Waals surface area contributed by atoms with E-state index in [2.05, 4.69) is 19.2 Å². The molecule has 0 bridgehead atoms. The van der Waals surface area contributed by atoms with Gasteiger partial charge in [0, 0.05) is 12.0 Å². The summed E-state index contributed by atoms with van der Waals surface area (Å²) in [5.74, 6) is 0.950. The van der Waals surface area contributed by atoms with Crippen LogP contribution in [0.2, 0.25) is 0 Å². The number of nitrogens with one attached hydrogen (secondary N) is 1. The summed E-state index contributed by atoms with van der Waals surface area (Å²) in [6.45, 7) is 5.68. The number of hydrogen-bond donors (Lipinski definition) is 1. The maximum absolute atomic E-state index is 13.7. The highest BCUT2D eigenvalue weighted by Crippen LogP contribution is 2.42. The van der Waals surface area contributed by atoms with Gasteiger partial charge in [0.05, 0.1) is 23.7 Å². The summed E-state index contributed by atoms with van der Waals surface area (Å²) >= 11 is 0. The number of benzene rings is 3. The van der Waals surface area contributed by atoms with Gasteiger partial charge in [-0.25, -0.2) is 8.42 Å². The van der Waals surface area contributed by atoms with Crippen LogP contribution in [0, 0.1) is 6.92 Å². The van der Waals surface area contributed by atoms with Crippen molar-refractivity contribution in [2.45, 2.75) is 56.6 Å². The zero-order chi connectivity index (χ0) is 26.6. The van der Waals surface area contributed by atoms with Gasteiger partial charge >= 0.3 is 0 Å². The molecule has 37 heavy (non-hydrogen) atoms. The Morgan fingerprint density at radius 3 is 2.30 bits per heavy atom. The van der Waals surface area contributed by atoms with Crippen LogP contribution in [0.5, 0.6) is 11.5 Å². The number of sulfonamides is 1. The van der Waals surface area contributed by atoms with Crippen molar-refractivity contribution in [3.05, 3.63) is 83.9 Å². The van der Waals surface area contributed by atoms with Gasteiger partial charge in [-0.1, -0.05) is 49.7 Å². The lowest BCUT2D eigenvalue weighted by Gasteiger charge is -2.41. The van der Waals surface area contributed by atoms with Gasteiger partial charge in [0.25, 0.3) is 10.0 Å². The first-order chi connectivity index (χ1) is 17.7. The second-order valence-electron chi connectivity index (χ2n) is 9.38. The third kappa shape index (κ3) is 5.59. The number of aryl methyl sites for hydroxylation is 1. The Morgan fingerprint density at radius 1 is 1.03 bits per heavy atom. The first-order valence-electron chi connectivity index (χ1n) is 12.5. The van der Waals surface area contributed by atoms with Crippen molar-refractivity contribution in [1.29, 1.82) is 0 Å². The molecule has 0 radical (unpaired) electrons. The molecular weight excluding hydrogens is 488 g/mol. The van der Waals surface area contributed by atoms with Crippen LogP contribution in [-0.2, 0) is 14.8 Å². The molecule has 3 aromatic rings. The Hall–Kier alpha value is -3.52. The van der Waals surface area contributed by atoms with Gasteiger partial charge in [-0.2, -0.15) is 0 Å². The quantitative estimate of drug-likeness (QED) is 0.407. The Bertz CT molecular complexity index is 1330. The average Bonchev–Trinajstić information content (AvgIpc) is 2.92. The molecular formula is C29H34N2O5S. The molecule has 8 heteroatoms. The van der Waals surface area contributed by atoms with Crippen LogP contribution < -0.4 is 19.1 Å². The number of carbonyl (C=O) groups is 1. The van der Waals surface area contributed by atoms with E-state index in [-0.39, 0.29) is 17.5 Å². The molecule has 196 valence electrons. The van der Waals surface area contributed by atoms with Crippen LogP contribution in [0.15, 0.2) is 77.7 Å². The molecule has 1 amide bonds. The number of ether oxygens (including phenoxy) is 2. The summed E-state index contributed by atoms with van der Waals surface area (Å²) in [6, 6.07) is 20.6. The van der Waals surface area contributed by atoms with Crippen LogP contribution in [0.1, 0.15) is 50.3 Å². The Labute approximate surface area is 219 Å². The second kappa shape index (κ2) is 10.8. The zero-order valence-electron chi connectivity index (χ0n) is 21.7. The number of hydrogen-bond acceptors (Lipinski definition) is 5. The van der Waals surface area contributed by atoms with Crippen molar-refractivity contribution in [2.75, 3.05) is 18.0 Å². The molecule has 0 aromatic heterocycles. The van der Waals surface area contributed by atoms with Crippen molar-refractivity contribution >= 4 is 21.6 Å². The van der Waals surface area contributed by atoms with Gasteiger partial charge in [-0.05, 0) is 62.2 Å². The zero-order valence-corrected chi connectivity index (χ0v) is 22.5. The topological polar surface area (TPSA) is 84.9 Å². The van der Waals surface area contributed by atoms with E-state index in [0.29, 0.717) is 17.9 Å². The molecule has 1 heterocycles. The second-order valence-corrected chi connectivity index (χ2v) is 11.2. The van der Waals surface area contributed by atoms with Gasteiger partial charge in [0.1, 0.15) is 23.6 Å². The first-order valence-corrected chi connectivity index (χ1v) is 14.0. The van der Waals surface area contributed by atoms with Crippen molar-refractivity contribution in [1.82, 2.24) is 5.32 Å². The lowest BCUT2D eigenvalue weighted by atomic mass is 9.83. The smallest absolute Gasteiger partial charge is 0.264 e. The lowest BCUT2D eigenvalue weighted by molar-refractivity contribution is -0.121. The molecule has 0 saturated heterocycles. The number of anilines is 1. The number of rotatable bonds is 9. The summed E-state index contributed by atoms with van der Waals surface area (Å²) in [5.41, 5.74) is 1.82. The van der Waals surface area contributed by atoms with Crippen LogP contribution >= 0.6 is 0 Å². The SMILES string of the molecule is CCC1(CC)C[C@H](NC(=O)CN(c2ccc(OC)cc2)S(=O)(=O)c2ccc(C)cc2)c2ccccc2O1. The fourth-order valence-electron chi connectivity index (χ4n) is 4.70. The fraction of sp³-hybridized carbons (Fsp3) is 0.345. The molecule has 1 aliphatic rings. The van der Waals surface area contributed by atoms with E-state index < -0.39 is 21.5 Å². The Kier molecular flexibility index (Phi) is 7.78. The number of fused-ring (bicyclic) bond motifs is 1. The van der Waals surface area contributed by atoms with Gasteiger partial charge in [-0.3, -0.25) is 9.10 Å². The number of nitrogens with zero attached hydrogens (tertiary/aromatic N) is 1. The highest BCUT2D eigenvalue weighted by atomic mass is 32.2. The minimum Gasteiger partial charge on any atom is -0.497 e. The summed E-state index contributed by atoms with van der Waals surface area (Å²) in [4.78, 5) is 13.6. The van der Waals surface area contributed by atoms with Gasteiger partial charge in [-0.15, -0.1) is 0 Å². The summed E-state index contributed by atoms with van der Waals surface area (Å²) in [6.07, 6.45) is 2.20. The minimum atomic E-state index is -4.01. The first kappa shape index (κ1) is 26.5.